The summed E-state index contributed by atoms with van der Waals surface area (Å²) in [6.45, 7) is 2.99. The third-order valence-corrected chi connectivity index (χ3v) is 6.80. The maximum Gasteiger partial charge on any atom is 0.243 e. The Morgan fingerprint density at radius 2 is 1.74 bits per heavy atom. The number of rotatable bonds is 6. The molecule has 5 nitrogen and oxygen atoms in total. The van der Waals surface area contributed by atoms with Crippen molar-refractivity contribution in [2.24, 2.45) is 0 Å². The monoisotopic (exact) mass is 386 g/mol. The zero-order valence-electron chi connectivity index (χ0n) is 15.6. The Bertz CT molecular complexity index is 889. The molecule has 2 aromatic carbocycles. The van der Waals surface area contributed by atoms with Gasteiger partial charge in [-0.05, 0) is 55.5 Å². The van der Waals surface area contributed by atoms with Crippen LogP contribution >= 0.6 is 0 Å². The smallest absolute Gasteiger partial charge is 0.243 e. The quantitative estimate of drug-likeness (QED) is 0.822. The fourth-order valence-electron chi connectivity index (χ4n) is 3.31. The van der Waals surface area contributed by atoms with Gasteiger partial charge in [-0.3, -0.25) is 4.79 Å². The molecule has 0 bridgehead atoms. The summed E-state index contributed by atoms with van der Waals surface area (Å²) in [4.78, 5) is 12.5. The SMILES string of the molecule is Cc1cc(S(=O)(=O)N2CCCCC2)ccc1NC(=O)CCc1ccccc1. The Labute approximate surface area is 161 Å². The lowest BCUT2D eigenvalue weighted by Gasteiger charge is -2.26. The molecule has 144 valence electrons. The molecule has 6 heteroatoms. The fraction of sp³-hybridized carbons (Fsp3) is 0.381. The van der Waals surface area contributed by atoms with E-state index in [9.17, 15) is 13.2 Å². The molecule has 0 aliphatic carbocycles. The Morgan fingerprint density at radius 1 is 1.04 bits per heavy atom. The molecule has 0 aromatic heterocycles. The predicted molar refractivity (Wildman–Crippen MR) is 107 cm³/mol. The van der Waals surface area contributed by atoms with Crippen molar-refractivity contribution in [3.8, 4) is 0 Å². The minimum Gasteiger partial charge on any atom is -0.326 e. The number of nitrogens with zero attached hydrogens (tertiary/aromatic N) is 1. The van der Waals surface area contributed by atoms with E-state index in [2.05, 4.69) is 5.32 Å². The molecule has 0 spiro atoms. The largest absolute Gasteiger partial charge is 0.326 e. The Kier molecular flexibility index (Phi) is 6.29. The number of aryl methyl sites for hydroxylation is 2. The number of nitrogens with one attached hydrogen (secondary N) is 1. The first kappa shape index (κ1) is 19.6. The lowest BCUT2D eigenvalue weighted by molar-refractivity contribution is -0.116. The molecule has 0 atom stereocenters. The average molecular weight is 387 g/mol. The molecule has 1 heterocycles. The maximum atomic E-state index is 12.8. The van der Waals surface area contributed by atoms with Gasteiger partial charge in [-0.25, -0.2) is 8.42 Å². The average Bonchev–Trinajstić information content (AvgIpc) is 2.69. The molecule has 3 rings (SSSR count). The van der Waals surface area contributed by atoms with Crippen molar-refractivity contribution in [2.45, 2.75) is 43.9 Å². The molecular formula is C21H26N2O3S. The van der Waals surface area contributed by atoms with Gasteiger partial charge in [0, 0.05) is 25.2 Å². The Balaban J connectivity index is 1.65. The number of anilines is 1. The van der Waals surface area contributed by atoms with Crippen LogP contribution in [0.3, 0.4) is 0 Å². The molecule has 2 aromatic rings. The molecule has 0 unspecified atom stereocenters. The highest BCUT2D eigenvalue weighted by Gasteiger charge is 2.26. The summed E-state index contributed by atoms with van der Waals surface area (Å²) in [6.07, 6.45) is 3.96. The number of hydrogen-bond acceptors (Lipinski definition) is 3. The minimum atomic E-state index is -3.46. The van der Waals surface area contributed by atoms with E-state index in [1.807, 2.05) is 37.3 Å². The van der Waals surface area contributed by atoms with Gasteiger partial charge in [0.2, 0.25) is 15.9 Å². The first-order valence-corrected chi connectivity index (χ1v) is 10.9. The van der Waals surface area contributed by atoms with Crippen molar-refractivity contribution in [3.63, 3.8) is 0 Å². The summed E-state index contributed by atoms with van der Waals surface area (Å²) in [6, 6.07) is 14.8. The van der Waals surface area contributed by atoms with Gasteiger partial charge in [0.15, 0.2) is 0 Å². The van der Waals surface area contributed by atoms with Gasteiger partial charge in [0.1, 0.15) is 0 Å². The van der Waals surface area contributed by atoms with Crippen LogP contribution in [0.2, 0.25) is 0 Å². The Hall–Kier alpha value is -2.18. The summed E-state index contributed by atoms with van der Waals surface area (Å²) < 4.78 is 27.1. The van der Waals surface area contributed by atoms with Crippen LogP contribution in [0.1, 0.15) is 36.8 Å². The van der Waals surface area contributed by atoms with Gasteiger partial charge in [0.05, 0.1) is 4.90 Å². The molecule has 0 radical (unpaired) electrons. The number of sulfonamides is 1. The predicted octanol–water partition coefficient (Wildman–Crippen LogP) is 3.74. The number of carbonyl (C=O) groups excluding carboxylic acids is 1. The molecule has 0 saturated carbocycles. The van der Waals surface area contributed by atoms with Gasteiger partial charge in [-0.1, -0.05) is 36.8 Å². The Morgan fingerprint density at radius 3 is 2.41 bits per heavy atom. The summed E-state index contributed by atoms with van der Waals surface area (Å²) >= 11 is 0. The highest BCUT2D eigenvalue weighted by Crippen LogP contribution is 2.24. The van der Waals surface area contributed by atoms with E-state index in [-0.39, 0.29) is 5.91 Å². The van der Waals surface area contributed by atoms with E-state index in [0.29, 0.717) is 36.5 Å². The highest BCUT2D eigenvalue weighted by molar-refractivity contribution is 7.89. The van der Waals surface area contributed by atoms with Crippen molar-refractivity contribution in [2.75, 3.05) is 18.4 Å². The van der Waals surface area contributed by atoms with E-state index in [1.165, 1.54) is 0 Å². The zero-order valence-corrected chi connectivity index (χ0v) is 16.5. The van der Waals surface area contributed by atoms with E-state index >= 15 is 0 Å². The van der Waals surface area contributed by atoms with Crippen LogP contribution in [0.5, 0.6) is 0 Å². The molecule has 27 heavy (non-hydrogen) atoms. The second-order valence-corrected chi connectivity index (χ2v) is 8.91. The number of carbonyl (C=O) groups is 1. The van der Waals surface area contributed by atoms with E-state index in [4.69, 9.17) is 0 Å². The molecule has 1 fully saturated rings. The first-order valence-electron chi connectivity index (χ1n) is 9.41. The molecule has 1 aliphatic heterocycles. The second kappa shape index (κ2) is 8.67. The number of hydrogen-bond donors (Lipinski definition) is 1. The molecular weight excluding hydrogens is 360 g/mol. The van der Waals surface area contributed by atoms with E-state index in [1.54, 1.807) is 22.5 Å². The summed E-state index contributed by atoms with van der Waals surface area (Å²) in [5.74, 6) is -0.0754. The van der Waals surface area contributed by atoms with Gasteiger partial charge in [-0.15, -0.1) is 0 Å². The van der Waals surface area contributed by atoms with Crippen LogP contribution in [0.25, 0.3) is 0 Å². The van der Waals surface area contributed by atoms with Crippen LogP contribution < -0.4 is 5.32 Å². The second-order valence-electron chi connectivity index (χ2n) is 6.98. The van der Waals surface area contributed by atoms with Crippen LogP contribution in [0.15, 0.2) is 53.4 Å². The molecule has 1 aliphatic rings. The van der Waals surface area contributed by atoms with Crippen LogP contribution in [0.4, 0.5) is 5.69 Å². The summed E-state index contributed by atoms with van der Waals surface area (Å²) in [5.41, 5.74) is 2.53. The van der Waals surface area contributed by atoms with Crippen LogP contribution in [-0.4, -0.2) is 31.7 Å². The third kappa shape index (κ3) is 4.96. The lowest BCUT2D eigenvalue weighted by atomic mass is 10.1. The highest BCUT2D eigenvalue weighted by atomic mass is 32.2. The summed E-state index contributed by atoms with van der Waals surface area (Å²) in [5, 5.41) is 2.89. The molecule has 1 saturated heterocycles. The standard InChI is InChI=1S/C21H26N2O3S/c1-17-16-19(27(25,26)23-14-6-3-7-15-23)11-12-20(17)22-21(24)13-10-18-8-4-2-5-9-18/h2,4-5,8-9,11-12,16H,3,6-7,10,13-15H2,1H3,(H,22,24). The number of piperidine rings is 1. The third-order valence-electron chi connectivity index (χ3n) is 4.91. The summed E-state index contributed by atoms with van der Waals surface area (Å²) in [7, 11) is -3.46. The zero-order chi connectivity index (χ0) is 19.3. The normalized spacial score (nSPS) is 15.4. The van der Waals surface area contributed by atoms with E-state index < -0.39 is 10.0 Å². The van der Waals surface area contributed by atoms with Crippen LogP contribution in [-0.2, 0) is 21.2 Å². The van der Waals surface area contributed by atoms with Crippen molar-refractivity contribution in [3.05, 3.63) is 59.7 Å². The van der Waals surface area contributed by atoms with Gasteiger partial charge >= 0.3 is 0 Å². The molecule has 1 amide bonds. The molecule has 1 N–H and O–H groups in total. The first-order chi connectivity index (χ1) is 13.0. The van der Waals surface area contributed by atoms with Gasteiger partial charge < -0.3 is 5.32 Å². The van der Waals surface area contributed by atoms with Gasteiger partial charge in [0.25, 0.3) is 0 Å². The van der Waals surface area contributed by atoms with Crippen molar-refractivity contribution >= 4 is 21.6 Å². The van der Waals surface area contributed by atoms with Crippen molar-refractivity contribution in [1.29, 1.82) is 0 Å². The number of amides is 1. The van der Waals surface area contributed by atoms with E-state index in [0.717, 1.165) is 30.4 Å². The van der Waals surface area contributed by atoms with Gasteiger partial charge in [-0.2, -0.15) is 4.31 Å². The van der Waals surface area contributed by atoms with Crippen LogP contribution in [0, 0.1) is 6.92 Å². The topological polar surface area (TPSA) is 66.5 Å². The maximum absolute atomic E-state index is 12.8. The fourth-order valence-corrected chi connectivity index (χ4v) is 4.91. The van der Waals surface area contributed by atoms with Crippen molar-refractivity contribution < 1.29 is 13.2 Å². The van der Waals surface area contributed by atoms with Crippen molar-refractivity contribution in [1.82, 2.24) is 4.31 Å². The lowest BCUT2D eigenvalue weighted by Crippen LogP contribution is -2.35. The number of benzene rings is 2. The minimum absolute atomic E-state index is 0.0754.